The summed E-state index contributed by atoms with van der Waals surface area (Å²) in [5, 5.41) is 12.5. The van der Waals surface area contributed by atoms with Crippen LogP contribution in [-0.2, 0) is 4.74 Å². The van der Waals surface area contributed by atoms with Crippen molar-refractivity contribution >= 4 is 44.0 Å². The lowest BCUT2D eigenvalue weighted by Crippen LogP contribution is -2.37. The number of nitro benzene ring substituents is 1. The van der Waals surface area contributed by atoms with Crippen molar-refractivity contribution in [3.63, 3.8) is 0 Å². The summed E-state index contributed by atoms with van der Waals surface area (Å²) in [7, 11) is 0. The summed E-state index contributed by atoms with van der Waals surface area (Å²) in [5.74, 6) is -0.292. The Balaban J connectivity index is 1.50. The van der Waals surface area contributed by atoms with Gasteiger partial charge >= 0.3 is 0 Å². The van der Waals surface area contributed by atoms with E-state index in [-0.39, 0.29) is 22.6 Å². The number of carbonyl (C=O) groups is 1. The quantitative estimate of drug-likeness (QED) is 0.350. The van der Waals surface area contributed by atoms with Gasteiger partial charge in [-0.15, -0.1) is 0 Å². The topological polar surface area (TPSA) is 88.8 Å². The van der Waals surface area contributed by atoms with Crippen LogP contribution in [0.5, 0.6) is 0 Å². The van der Waals surface area contributed by atoms with Crippen molar-refractivity contribution in [2.75, 3.05) is 36.0 Å². The Kier molecular flexibility index (Phi) is 6.47. The molecule has 0 bridgehead atoms. The van der Waals surface area contributed by atoms with Gasteiger partial charge in [0.25, 0.3) is 11.6 Å². The van der Waals surface area contributed by atoms with Gasteiger partial charge in [0.1, 0.15) is 5.69 Å². The number of amides is 1. The Morgan fingerprint density at radius 1 is 1.21 bits per heavy atom. The number of anilines is 2. The molecule has 1 unspecified atom stereocenters. The summed E-state index contributed by atoms with van der Waals surface area (Å²) < 4.78 is 6.82. The van der Waals surface area contributed by atoms with Gasteiger partial charge in [0, 0.05) is 31.3 Å². The molecule has 2 aromatic carbocycles. The Morgan fingerprint density at radius 3 is 2.76 bits per heavy atom. The van der Waals surface area contributed by atoms with E-state index in [9.17, 15) is 14.9 Å². The third kappa shape index (κ3) is 4.63. The first-order valence-corrected chi connectivity index (χ1v) is 12.7. The number of piperidine rings is 1. The maximum atomic E-state index is 13.7. The summed E-state index contributed by atoms with van der Waals surface area (Å²) in [6, 6.07) is 10.9. The van der Waals surface area contributed by atoms with Gasteiger partial charge in [-0.25, -0.2) is 4.98 Å². The van der Waals surface area contributed by atoms with E-state index < -0.39 is 0 Å². The molecule has 2 saturated heterocycles. The van der Waals surface area contributed by atoms with Gasteiger partial charge in [-0.05, 0) is 68.9 Å². The molecule has 178 valence electrons. The van der Waals surface area contributed by atoms with Crippen molar-refractivity contribution in [2.45, 2.75) is 45.1 Å². The summed E-state index contributed by atoms with van der Waals surface area (Å²) in [5.41, 5.74) is 2.82. The Bertz CT molecular complexity index is 1210. The van der Waals surface area contributed by atoms with Gasteiger partial charge in [-0.3, -0.25) is 19.8 Å². The Morgan fingerprint density at radius 2 is 2.03 bits per heavy atom. The number of hydrogen-bond acceptors (Lipinski definition) is 7. The molecule has 0 saturated carbocycles. The average molecular weight is 481 g/mol. The van der Waals surface area contributed by atoms with Gasteiger partial charge in [0.05, 0.1) is 27.8 Å². The molecule has 0 radical (unpaired) electrons. The lowest BCUT2D eigenvalue weighted by Gasteiger charge is -2.28. The van der Waals surface area contributed by atoms with E-state index >= 15 is 0 Å². The zero-order valence-electron chi connectivity index (χ0n) is 19.2. The minimum atomic E-state index is -0.383. The molecule has 34 heavy (non-hydrogen) atoms. The van der Waals surface area contributed by atoms with Crippen LogP contribution >= 0.6 is 11.3 Å². The largest absolute Gasteiger partial charge is 0.376 e. The molecule has 0 spiro atoms. The van der Waals surface area contributed by atoms with Crippen LogP contribution in [0, 0.1) is 17.0 Å². The summed E-state index contributed by atoms with van der Waals surface area (Å²) in [4.78, 5) is 33.7. The summed E-state index contributed by atoms with van der Waals surface area (Å²) in [6.45, 7) is 4.67. The second kappa shape index (κ2) is 9.68. The zero-order valence-corrected chi connectivity index (χ0v) is 20.1. The summed E-state index contributed by atoms with van der Waals surface area (Å²) >= 11 is 1.46. The normalized spacial score (nSPS) is 18.4. The van der Waals surface area contributed by atoms with E-state index in [1.54, 1.807) is 17.0 Å². The van der Waals surface area contributed by atoms with Crippen LogP contribution in [0.1, 0.15) is 48.0 Å². The van der Waals surface area contributed by atoms with Crippen molar-refractivity contribution in [3.05, 3.63) is 57.6 Å². The van der Waals surface area contributed by atoms with Gasteiger partial charge in [-0.2, -0.15) is 0 Å². The first-order chi connectivity index (χ1) is 16.5. The van der Waals surface area contributed by atoms with E-state index in [4.69, 9.17) is 9.72 Å². The first-order valence-electron chi connectivity index (χ1n) is 11.8. The van der Waals surface area contributed by atoms with Crippen LogP contribution in [0.3, 0.4) is 0 Å². The van der Waals surface area contributed by atoms with Crippen LogP contribution < -0.4 is 9.80 Å². The monoisotopic (exact) mass is 480 g/mol. The molecule has 2 aliphatic heterocycles. The number of thiazole rings is 1. The van der Waals surface area contributed by atoms with Crippen LogP contribution in [0.2, 0.25) is 0 Å². The van der Waals surface area contributed by atoms with E-state index in [2.05, 4.69) is 11.0 Å². The van der Waals surface area contributed by atoms with Gasteiger partial charge in [0.2, 0.25) is 0 Å². The molecule has 1 aromatic heterocycles. The van der Waals surface area contributed by atoms with Crippen LogP contribution in [0.25, 0.3) is 10.2 Å². The van der Waals surface area contributed by atoms with Crippen molar-refractivity contribution in [2.24, 2.45) is 0 Å². The van der Waals surface area contributed by atoms with Crippen molar-refractivity contribution < 1.29 is 14.5 Å². The third-order valence-electron chi connectivity index (χ3n) is 6.53. The highest BCUT2D eigenvalue weighted by Gasteiger charge is 2.29. The number of ether oxygens (including phenoxy) is 1. The number of carbonyl (C=O) groups excluding carboxylic acids is 1. The molecule has 9 heteroatoms. The highest BCUT2D eigenvalue weighted by molar-refractivity contribution is 7.22. The Hall–Kier alpha value is -3.04. The number of aryl methyl sites for hydroxylation is 1. The van der Waals surface area contributed by atoms with Gasteiger partial charge in [-0.1, -0.05) is 17.4 Å². The molecule has 3 aromatic rings. The van der Waals surface area contributed by atoms with E-state index in [1.807, 2.05) is 19.1 Å². The fourth-order valence-electron chi connectivity index (χ4n) is 4.74. The predicted octanol–water partition coefficient (Wildman–Crippen LogP) is 5.33. The third-order valence-corrected chi connectivity index (χ3v) is 7.58. The average Bonchev–Trinajstić information content (AvgIpc) is 3.51. The minimum Gasteiger partial charge on any atom is -0.376 e. The molecular weight excluding hydrogens is 452 g/mol. The van der Waals surface area contributed by atoms with Crippen LogP contribution in [-0.4, -0.2) is 48.2 Å². The van der Waals surface area contributed by atoms with Gasteiger partial charge in [0.15, 0.2) is 5.13 Å². The number of nitro groups is 1. The number of aromatic nitrogens is 1. The number of hydrogen-bond donors (Lipinski definition) is 0. The smallest absolute Gasteiger partial charge is 0.293 e. The number of rotatable bonds is 6. The van der Waals surface area contributed by atoms with E-state index in [0.29, 0.717) is 29.5 Å². The lowest BCUT2D eigenvalue weighted by atomic mass is 10.1. The zero-order chi connectivity index (χ0) is 23.7. The number of fused-ring (bicyclic) bond motifs is 1. The maximum Gasteiger partial charge on any atom is 0.293 e. The van der Waals surface area contributed by atoms with Crippen molar-refractivity contribution in [1.82, 2.24) is 4.98 Å². The second-order valence-electron chi connectivity index (χ2n) is 9.03. The highest BCUT2D eigenvalue weighted by atomic mass is 32.1. The molecular formula is C25H28N4O4S. The Labute approximate surface area is 202 Å². The van der Waals surface area contributed by atoms with Crippen LogP contribution in [0.4, 0.5) is 16.5 Å². The lowest BCUT2D eigenvalue weighted by molar-refractivity contribution is -0.384. The standard InChI is InChI=1S/C25H28N4O4S/c1-17-7-9-20-23(14-17)34-25(26-20)28(16-19-6-5-13-33-19)24(30)18-8-10-21(22(15-18)29(31)32)27-11-3-2-4-12-27/h7-10,14-15,19H,2-6,11-13,16H2,1H3. The fraction of sp³-hybridized carbons (Fsp3) is 0.440. The van der Waals surface area contributed by atoms with Crippen molar-refractivity contribution in [1.29, 1.82) is 0 Å². The molecule has 2 fully saturated rings. The van der Waals surface area contributed by atoms with Crippen LogP contribution in [0.15, 0.2) is 36.4 Å². The molecule has 5 rings (SSSR count). The highest BCUT2D eigenvalue weighted by Crippen LogP contribution is 2.34. The molecule has 0 aliphatic carbocycles. The molecule has 1 atom stereocenters. The molecule has 1 amide bonds. The fourth-order valence-corrected chi connectivity index (χ4v) is 5.81. The van der Waals surface area contributed by atoms with Crippen molar-refractivity contribution in [3.8, 4) is 0 Å². The molecule has 2 aliphatic rings. The second-order valence-corrected chi connectivity index (χ2v) is 10.0. The number of benzene rings is 2. The molecule has 8 nitrogen and oxygen atoms in total. The molecule has 3 heterocycles. The van der Waals surface area contributed by atoms with E-state index in [0.717, 1.165) is 61.0 Å². The predicted molar refractivity (Wildman–Crippen MR) is 134 cm³/mol. The van der Waals surface area contributed by atoms with E-state index in [1.165, 1.54) is 17.4 Å². The van der Waals surface area contributed by atoms with Gasteiger partial charge < -0.3 is 9.64 Å². The summed E-state index contributed by atoms with van der Waals surface area (Å²) in [6.07, 6.45) is 4.94. The maximum absolute atomic E-state index is 13.7. The minimum absolute atomic E-state index is 0.0234. The first kappa shape index (κ1) is 22.7. The molecule has 0 N–H and O–H groups in total. The SMILES string of the molecule is Cc1ccc2nc(N(CC3CCCO3)C(=O)c3ccc(N4CCCCC4)c([N+](=O)[O-])c3)sc2c1. The number of nitrogens with zero attached hydrogens (tertiary/aromatic N) is 4.